The highest BCUT2D eigenvalue weighted by Crippen LogP contribution is 2.38. The lowest BCUT2D eigenvalue weighted by molar-refractivity contribution is -0.870. The monoisotopic (exact) mass is 1010 g/mol. The molecule has 0 aromatic rings. The third-order valence-corrected chi connectivity index (χ3v) is 13.3. The van der Waals surface area contributed by atoms with Gasteiger partial charge in [0.1, 0.15) is 19.3 Å². The average Bonchev–Trinajstić information content (AvgIpc) is 3.33. The Hall–Kier alpha value is -2.81. The summed E-state index contributed by atoms with van der Waals surface area (Å²) in [6.45, 7) is 6.68. The van der Waals surface area contributed by atoms with E-state index in [-0.39, 0.29) is 24.9 Å². The molecule has 0 radical (unpaired) electrons. The van der Waals surface area contributed by atoms with Gasteiger partial charge in [-0.1, -0.05) is 228 Å². The largest absolute Gasteiger partial charge is 0.756 e. The average molecular weight is 1010 g/mol. The number of allylic oxidation sites excluding steroid dienone is 13. The zero-order valence-electron chi connectivity index (χ0n) is 46.7. The smallest absolute Gasteiger partial charge is 0.306 e. The third kappa shape index (κ3) is 51.9. The number of nitrogens with one attached hydrogen (secondary N) is 1. The maximum atomic E-state index is 13.4. The number of rotatable bonds is 51. The Balaban J connectivity index is 5.39. The van der Waals surface area contributed by atoms with Gasteiger partial charge in [-0.3, -0.25) is 14.2 Å². The summed E-state index contributed by atoms with van der Waals surface area (Å²) in [5.41, 5.74) is 0. The second kappa shape index (κ2) is 50.7. The number of esters is 1. The van der Waals surface area contributed by atoms with Crippen molar-refractivity contribution in [1.82, 2.24) is 5.32 Å². The molecule has 71 heavy (non-hydrogen) atoms. The minimum absolute atomic E-state index is 0.0317. The Morgan fingerprint density at radius 3 is 1.37 bits per heavy atom. The molecule has 0 bridgehead atoms. The Labute approximate surface area is 437 Å². The number of hydrogen-bond acceptors (Lipinski definition) is 7. The zero-order chi connectivity index (χ0) is 52.2. The number of carbonyl (C=O) groups is 2. The van der Waals surface area contributed by atoms with E-state index < -0.39 is 26.6 Å². The van der Waals surface area contributed by atoms with Crippen molar-refractivity contribution in [1.29, 1.82) is 0 Å². The van der Waals surface area contributed by atoms with Gasteiger partial charge in [-0.05, 0) is 83.1 Å². The number of likely N-dealkylation sites (N-methyl/N-ethyl adjacent to an activating group) is 1. The van der Waals surface area contributed by atoms with Crippen molar-refractivity contribution in [3.05, 3.63) is 85.1 Å². The lowest BCUT2D eigenvalue weighted by Crippen LogP contribution is -2.47. The van der Waals surface area contributed by atoms with Gasteiger partial charge in [-0.25, -0.2) is 0 Å². The van der Waals surface area contributed by atoms with Crippen LogP contribution in [0.4, 0.5) is 0 Å². The lowest BCUT2D eigenvalue weighted by Gasteiger charge is -2.30. The summed E-state index contributed by atoms with van der Waals surface area (Å²) in [6.07, 6.45) is 65.5. The number of carbonyl (C=O) groups excluding carboxylic acids is 2. The molecule has 3 atom stereocenters. The van der Waals surface area contributed by atoms with Crippen LogP contribution in [-0.2, 0) is 27.9 Å². The van der Waals surface area contributed by atoms with Gasteiger partial charge in [-0.2, -0.15) is 0 Å². The summed E-state index contributed by atoms with van der Waals surface area (Å²) in [6, 6.07) is -0.907. The summed E-state index contributed by atoms with van der Waals surface area (Å²) in [7, 11) is 1.15. The lowest BCUT2D eigenvalue weighted by atomic mass is 10.0. The van der Waals surface area contributed by atoms with E-state index in [1.807, 2.05) is 33.3 Å². The Bertz CT molecular complexity index is 1490. The number of nitrogens with zero attached hydrogens (tertiary/aromatic N) is 1. The molecule has 410 valence electrons. The van der Waals surface area contributed by atoms with Crippen LogP contribution in [0.1, 0.15) is 239 Å². The van der Waals surface area contributed by atoms with Crippen LogP contribution in [0.25, 0.3) is 0 Å². The second-order valence-corrected chi connectivity index (χ2v) is 21.8. The van der Waals surface area contributed by atoms with Crippen LogP contribution >= 0.6 is 7.82 Å². The fourth-order valence-corrected chi connectivity index (χ4v) is 8.60. The molecular formula is C61H109N2O7P. The summed E-state index contributed by atoms with van der Waals surface area (Å²) < 4.78 is 30.2. The van der Waals surface area contributed by atoms with E-state index in [9.17, 15) is 19.0 Å². The van der Waals surface area contributed by atoms with E-state index >= 15 is 0 Å². The van der Waals surface area contributed by atoms with Crippen LogP contribution in [0.2, 0.25) is 0 Å². The summed E-state index contributed by atoms with van der Waals surface area (Å²) >= 11 is 0. The van der Waals surface area contributed by atoms with Gasteiger partial charge in [0.05, 0.1) is 33.8 Å². The van der Waals surface area contributed by atoms with Crippen molar-refractivity contribution < 1.29 is 37.3 Å². The first kappa shape index (κ1) is 68.2. The maximum Gasteiger partial charge on any atom is 0.306 e. The number of phosphoric ester groups is 1. The molecule has 0 aliphatic carbocycles. The summed E-state index contributed by atoms with van der Waals surface area (Å²) in [4.78, 5) is 39.8. The molecule has 0 heterocycles. The Kier molecular flexibility index (Phi) is 48.7. The van der Waals surface area contributed by atoms with Crippen molar-refractivity contribution in [2.75, 3.05) is 40.9 Å². The van der Waals surface area contributed by atoms with E-state index in [0.717, 1.165) is 89.9 Å². The highest BCUT2D eigenvalue weighted by Gasteiger charge is 2.27. The first-order valence-electron chi connectivity index (χ1n) is 28.9. The van der Waals surface area contributed by atoms with Crippen molar-refractivity contribution in [3.63, 3.8) is 0 Å². The molecule has 3 unspecified atom stereocenters. The number of amides is 1. The fourth-order valence-electron chi connectivity index (χ4n) is 7.88. The molecule has 10 heteroatoms. The first-order valence-corrected chi connectivity index (χ1v) is 30.4. The molecule has 0 saturated heterocycles. The van der Waals surface area contributed by atoms with Crippen molar-refractivity contribution >= 4 is 19.7 Å². The third-order valence-electron chi connectivity index (χ3n) is 12.3. The highest BCUT2D eigenvalue weighted by atomic mass is 31.2. The van der Waals surface area contributed by atoms with Gasteiger partial charge in [0, 0.05) is 12.8 Å². The van der Waals surface area contributed by atoms with E-state index in [0.29, 0.717) is 23.9 Å². The normalized spacial score (nSPS) is 14.4. The molecule has 0 aromatic carbocycles. The zero-order valence-corrected chi connectivity index (χ0v) is 47.5. The quantitative estimate of drug-likeness (QED) is 0.0212. The van der Waals surface area contributed by atoms with E-state index in [4.69, 9.17) is 13.8 Å². The van der Waals surface area contributed by atoms with Crippen LogP contribution in [0.15, 0.2) is 85.1 Å². The van der Waals surface area contributed by atoms with Gasteiger partial charge in [0.25, 0.3) is 7.82 Å². The topological polar surface area (TPSA) is 114 Å². The molecule has 0 saturated carbocycles. The Morgan fingerprint density at radius 2 is 0.901 bits per heavy atom. The number of hydrogen-bond donors (Lipinski definition) is 1. The van der Waals surface area contributed by atoms with Gasteiger partial charge >= 0.3 is 5.97 Å². The van der Waals surface area contributed by atoms with Crippen LogP contribution in [-0.4, -0.2) is 69.4 Å². The molecule has 0 rings (SSSR count). The minimum atomic E-state index is -4.70. The predicted octanol–water partition coefficient (Wildman–Crippen LogP) is 16.8. The number of ether oxygens (including phenoxy) is 1. The maximum absolute atomic E-state index is 13.4. The molecular weight excluding hydrogens is 904 g/mol. The first-order chi connectivity index (χ1) is 34.4. The van der Waals surface area contributed by atoms with Crippen molar-refractivity contribution in [3.8, 4) is 0 Å². The van der Waals surface area contributed by atoms with Crippen LogP contribution in [0.3, 0.4) is 0 Å². The summed E-state index contributed by atoms with van der Waals surface area (Å²) in [5.74, 6) is -0.594. The molecule has 0 aromatic heterocycles. The standard InChI is InChI=1S/C61H109N2O7P/c1-7-10-13-16-19-22-25-27-28-29-30-31-32-33-34-36-39-42-45-48-51-54-61(65)70-59(52-49-46-43-40-38-35-26-23-20-17-14-11-8-2)58(57-69-71(66,67)68-56-55-63(4,5)6)62-60(64)53-50-47-44-41-37-24-21-18-15-12-9-3/h10,13,19,22,27-28,30-31,33-34,39,42,49,52,58-59H,7-9,11-12,14-18,20-21,23-26,29,32,35-38,40-41,43-48,50-51,53-57H2,1-6H3,(H-,62,64,66,67)/b13-10-,22-19-,28-27-,31-30-,34-33-,42-39-,52-49-. The molecule has 1 N–H and O–H groups in total. The van der Waals surface area contributed by atoms with Crippen molar-refractivity contribution in [2.45, 2.75) is 251 Å². The molecule has 1 amide bonds. The van der Waals surface area contributed by atoms with Gasteiger partial charge in [0.2, 0.25) is 5.91 Å². The van der Waals surface area contributed by atoms with Gasteiger partial charge in [0.15, 0.2) is 0 Å². The van der Waals surface area contributed by atoms with Gasteiger partial charge < -0.3 is 28.5 Å². The van der Waals surface area contributed by atoms with E-state index in [1.54, 1.807) is 0 Å². The van der Waals surface area contributed by atoms with Crippen LogP contribution in [0.5, 0.6) is 0 Å². The molecule has 0 spiro atoms. The SMILES string of the molecule is CC/C=C\C/C=C\C/C=C\C/C=C\C/C=C\C/C=C\CCCCC(=O)OC(/C=C\CCCCCCCCCCCCC)C(COP(=O)([O-])OCC[N+](C)(C)C)NC(=O)CCCCCCCCCCCCC. The molecule has 0 aliphatic rings. The van der Waals surface area contributed by atoms with Crippen molar-refractivity contribution in [2.24, 2.45) is 0 Å². The van der Waals surface area contributed by atoms with Crippen LogP contribution < -0.4 is 10.2 Å². The van der Waals surface area contributed by atoms with Gasteiger partial charge in [-0.15, -0.1) is 0 Å². The van der Waals surface area contributed by atoms with E-state index in [2.05, 4.69) is 99.0 Å². The summed E-state index contributed by atoms with van der Waals surface area (Å²) in [5, 5.41) is 3.00. The Morgan fingerprint density at radius 1 is 0.507 bits per heavy atom. The second-order valence-electron chi connectivity index (χ2n) is 20.4. The fraction of sp³-hybridized carbons (Fsp3) is 0.738. The number of phosphoric acid groups is 1. The number of unbranched alkanes of at least 4 members (excludes halogenated alkanes) is 23. The molecule has 0 fully saturated rings. The van der Waals surface area contributed by atoms with Crippen LogP contribution in [0, 0.1) is 0 Å². The predicted molar refractivity (Wildman–Crippen MR) is 302 cm³/mol. The molecule has 0 aliphatic heterocycles. The number of quaternary nitrogens is 1. The van der Waals surface area contributed by atoms with E-state index in [1.165, 1.54) is 109 Å². The molecule has 9 nitrogen and oxygen atoms in total. The highest BCUT2D eigenvalue weighted by molar-refractivity contribution is 7.45. The minimum Gasteiger partial charge on any atom is -0.756 e.